The van der Waals surface area contributed by atoms with E-state index in [4.69, 9.17) is 11.6 Å². The Kier molecular flexibility index (Phi) is 3.80. The number of aryl methyl sites for hydroxylation is 1. The molecule has 0 spiro atoms. The monoisotopic (exact) mass is 301 g/mol. The Labute approximate surface area is 128 Å². The van der Waals surface area contributed by atoms with Crippen molar-refractivity contribution in [3.8, 4) is 0 Å². The summed E-state index contributed by atoms with van der Waals surface area (Å²) in [5.41, 5.74) is 3.00. The topological polar surface area (TPSA) is 54.0 Å². The van der Waals surface area contributed by atoms with Crippen molar-refractivity contribution in [1.29, 1.82) is 0 Å². The van der Waals surface area contributed by atoms with E-state index in [1.807, 2.05) is 19.1 Å². The van der Waals surface area contributed by atoms with Crippen LogP contribution in [0.1, 0.15) is 28.9 Å². The third kappa shape index (κ3) is 3.52. The molecule has 21 heavy (non-hydrogen) atoms. The lowest BCUT2D eigenvalue weighted by molar-refractivity contribution is 0.102. The summed E-state index contributed by atoms with van der Waals surface area (Å²) in [6, 6.07) is 9.57. The van der Waals surface area contributed by atoms with Gasteiger partial charge >= 0.3 is 0 Å². The molecule has 1 aliphatic rings. The van der Waals surface area contributed by atoms with Gasteiger partial charge in [-0.1, -0.05) is 17.7 Å². The van der Waals surface area contributed by atoms with Crippen molar-refractivity contribution < 1.29 is 4.79 Å². The van der Waals surface area contributed by atoms with Gasteiger partial charge in [-0.15, -0.1) is 0 Å². The maximum absolute atomic E-state index is 12.2. The minimum atomic E-state index is -0.238. The largest absolute Gasteiger partial charge is 0.381 e. The van der Waals surface area contributed by atoms with Gasteiger partial charge in [0.25, 0.3) is 5.91 Å². The van der Waals surface area contributed by atoms with Gasteiger partial charge in [0.15, 0.2) is 0 Å². The standard InChI is InChI=1S/C16H16ClN3O/c1-10-2-3-11(17)8-15(10)20-16(21)14-7-6-13(9-18-14)19-12-4-5-12/h2-3,6-9,12,19H,4-5H2,1H3,(H,20,21). The first-order chi connectivity index (χ1) is 10.1. The van der Waals surface area contributed by atoms with Gasteiger partial charge < -0.3 is 10.6 Å². The van der Waals surface area contributed by atoms with E-state index in [2.05, 4.69) is 15.6 Å². The van der Waals surface area contributed by atoms with Gasteiger partial charge in [-0.3, -0.25) is 4.79 Å². The molecule has 3 rings (SSSR count). The molecular formula is C16H16ClN3O. The fourth-order valence-corrected chi connectivity index (χ4v) is 2.16. The molecule has 1 aliphatic carbocycles. The van der Waals surface area contributed by atoms with Crippen LogP contribution in [0.3, 0.4) is 0 Å². The number of anilines is 2. The first-order valence-corrected chi connectivity index (χ1v) is 7.30. The van der Waals surface area contributed by atoms with Crippen molar-refractivity contribution >= 4 is 28.9 Å². The summed E-state index contributed by atoms with van der Waals surface area (Å²) >= 11 is 5.95. The second-order valence-corrected chi connectivity index (χ2v) is 5.70. The normalized spacial score (nSPS) is 13.8. The van der Waals surface area contributed by atoms with E-state index in [1.165, 1.54) is 12.8 Å². The van der Waals surface area contributed by atoms with Crippen molar-refractivity contribution in [2.45, 2.75) is 25.8 Å². The minimum absolute atomic E-state index is 0.238. The third-order valence-electron chi connectivity index (χ3n) is 3.39. The van der Waals surface area contributed by atoms with Crippen LogP contribution in [-0.4, -0.2) is 16.9 Å². The SMILES string of the molecule is Cc1ccc(Cl)cc1NC(=O)c1ccc(NC2CC2)cn1. The molecule has 0 radical (unpaired) electrons. The Morgan fingerprint density at radius 1 is 1.29 bits per heavy atom. The Morgan fingerprint density at radius 3 is 2.76 bits per heavy atom. The molecule has 1 aromatic carbocycles. The molecule has 0 bridgehead atoms. The minimum Gasteiger partial charge on any atom is -0.381 e. The number of hydrogen-bond acceptors (Lipinski definition) is 3. The van der Waals surface area contributed by atoms with E-state index in [9.17, 15) is 4.79 Å². The Hall–Kier alpha value is -2.07. The molecule has 0 atom stereocenters. The molecule has 2 N–H and O–H groups in total. The highest BCUT2D eigenvalue weighted by Gasteiger charge is 2.20. The van der Waals surface area contributed by atoms with Crippen LogP contribution < -0.4 is 10.6 Å². The summed E-state index contributed by atoms with van der Waals surface area (Å²) in [6.07, 6.45) is 4.10. The second-order valence-electron chi connectivity index (χ2n) is 5.26. The fraction of sp³-hybridized carbons (Fsp3) is 0.250. The molecule has 0 aliphatic heterocycles. The quantitative estimate of drug-likeness (QED) is 0.901. The Balaban J connectivity index is 1.70. The van der Waals surface area contributed by atoms with Gasteiger partial charge in [0.2, 0.25) is 0 Å². The van der Waals surface area contributed by atoms with Gasteiger partial charge in [-0.05, 0) is 49.6 Å². The highest BCUT2D eigenvalue weighted by Crippen LogP contribution is 2.24. The van der Waals surface area contributed by atoms with E-state index in [1.54, 1.807) is 24.4 Å². The number of benzene rings is 1. The van der Waals surface area contributed by atoms with Crippen LogP contribution in [0.15, 0.2) is 36.5 Å². The summed E-state index contributed by atoms with van der Waals surface area (Å²) in [5, 5.41) is 6.76. The van der Waals surface area contributed by atoms with Crippen molar-refractivity contribution in [1.82, 2.24) is 4.98 Å². The number of halogens is 1. The molecular weight excluding hydrogens is 286 g/mol. The molecule has 5 heteroatoms. The average Bonchev–Trinajstić information content (AvgIpc) is 3.27. The van der Waals surface area contributed by atoms with Crippen LogP contribution in [-0.2, 0) is 0 Å². The number of carbonyl (C=O) groups excluding carboxylic acids is 1. The van der Waals surface area contributed by atoms with Crippen LogP contribution in [0.5, 0.6) is 0 Å². The highest BCUT2D eigenvalue weighted by atomic mass is 35.5. The molecule has 1 heterocycles. The van der Waals surface area contributed by atoms with Crippen LogP contribution in [0.4, 0.5) is 11.4 Å². The van der Waals surface area contributed by atoms with Crippen molar-refractivity contribution in [2.75, 3.05) is 10.6 Å². The molecule has 1 fully saturated rings. The summed E-state index contributed by atoms with van der Waals surface area (Å²) in [4.78, 5) is 16.4. The van der Waals surface area contributed by atoms with Gasteiger partial charge in [0.1, 0.15) is 5.69 Å². The van der Waals surface area contributed by atoms with E-state index in [-0.39, 0.29) is 5.91 Å². The number of nitrogens with one attached hydrogen (secondary N) is 2. The van der Waals surface area contributed by atoms with Crippen LogP contribution in [0, 0.1) is 6.92 Å². The van der Waals surface area contributed by atoms with Gasteiger partial charge in [-0.25, -0.2) is 4.98 Å². The van der Waals surface area contributed by atoms with Crippen molar-refractivity contribution in [3.63, 3.8) is 0 Å². The molecule has 1 saturated carbocycles. The zero-order chi connectivity index (χ0) is 14.8. The van der Waals surface area contributed by atoms with Crippen molar-refractivity contribution in [2.24, 2.45) is 0 Å². The number of rotatable bonds is 4. The third-order valence-corrected chi connectivity index (χ3v) is 3.63. The van der Waals surface area contributed by atoms with Crippen LogP contribution in [0.25, 0.3) is 0 Å². The van der Waals surface area contributed by atoms with E-state index < -0.39 is 0 Å². The van der Waals surface area contributed by atoms with E-state index in [0.29, 0.717) is 22.4 Å². The van der Waals surface area contributed by atoms with E-state index >= 15 is 0 Å². The molecule has 0 unspecified atom stereocenters. The lowest BCUT2D eigenvalue weighted by Gasteiger charge is -2.09. The number of aromatic nitrogens is 1. The Bertz CT molecular complexity index is 666. The predicted molar refractivity (Wildman–Crippen MR) is 85.0 cm³/mol. The first-order valence-electron chi connectivity index (χ1n) is 6.92. The van der Waals surface area contributed by atoms with Gasteiger partial charge in [-0.2, -0.15) is 0 Å². The predicted octanol–water partition coefficient (Wildman–Crippen LogP) is 3.87. The molecule has 4 nitrogen and oxygen atoms in total. The first kappa shape index (κ1) is 13.9. The molecule has 2 aromatic rings. The molecule has 0 saturated heterocycles. The molecule has 1 aromatic heterocycles. The number of hydrogen-bond donors (Lipinski definition) is 2. The number of amides is 1. The number of carbonyl (C=O) groups is 1. The van der Waals surface area contributed by atoms with E-state index in [0.717, 1.165) is 11.3 Å². The number of pyridine rings is 1. The van der Waals surface area contributed by atoms with Gasteiger partial charge in [0, 0.05) is 16.8 Å². The highest BCUT2D eigenvalue weighted by molar-refractivity contribution is 6.31. The zero-order valence-electron chi connectivity index (χ0n) is 11.7. The lowest BCUT2D eigenvalue weighted by atomic mass is 10.2. The Morgan fingerprint density at radius 2 is 2.10 bits per heavy atom. The summed E-state index contributed by atoms with van der Waals surface area (Å²) in [7, 11) is 0. The maximum Gasteiger partial charge on any atom is 0.274 e. The summed E-state index contributed by atoms with van der Waals surface area (Å²) in [5.74, 6) is -0.238. The molecule has 108 valence electrons. The van der Waals surface area contributed by atoms with Crippen LogP contribution >= 0.6 is 11.6 Å². The summed E-state index contributed by atoms with van der Waals surface area (Å²) < 4.78 is 0. The lowest BCUT2D eigenvalue weighted by Crippen LogP contribution is -2.14. The zero-order valence-corrected chi connectivity index (χ0v) is 12.4. The smallest absolute Gasteiger partial charge is 0.274 e. The number of nitrogens with zero attached hydrogens (tertiary/aromatic N) is 1. The summed E-state index contributed by atoms with van der Waals surface area (Å²) in [6.45, 7) is 1.92. The fourth-order valence-electron chi connectivity index (χ4n) is 1.99. The van der Waals surface area contributed by atoms with Crippen molar-refractivity contribution in [3.05, 3.63) is 52.8 Å². The van der Waals surface area contributed by atoms with Crippen LogP contribution in [0.2, 0.25) is 5.02 Å². The maximum atomic E-state index is 12.2. The molecule has 1 amide bonds. The van der Waals surface area contributed by atoms with Gasteiger partial charge in [0.05, 0.1) is 11.9 Å². The second kappa shape index (κ2) is 5.74. The average molecular weight is 302 g/mol.